The number of carbonyl (C=O) groups excluding carboxylic acids is 2. The summed E-state index contributed by atoms with van der Waals surface area (Å²) in [7, 11) is 1.61. The van der Waals surface area contributed by atoms with Crippen molar-refractivity contribution in [3.63, 3.8) is 0 Å². The third kappa shape index (κ3) is 4.27. The molecule has 29 heavy (non-hydrogen) atoms. The van der Waals surface area contributed by atoms with Gasteiger partial charge in [-0.25, -0.2) is 0 Å². The molecule has 2 aliphatic rings. The molecule has 154 valence electrons. The van der Waals surface area contributed by atoms with E-state index in [1.807, 2.05) is 25.1 Å². The second-order valence-corrected chi connectivity index (χ2v) is 8.86. The van der Waals surface area contributed by atoms with Gasteiger partial charge < -0.3 is 15.0 Å². The number of nitrogens with one attached hydrogen (secondary N) is 1. The maximum absolute atomic E-state index is 12.7. The Bertz CT molecular complexity index is 907. The molecule has 1 saturated carbocycles. The maximum Gasteiger partial charge on any atom is 0.229 e. The highest BCUT2D eigenvalue weighted by Crippen LogP contribution is 2.38. The van der Waals surface area contributed by atoms with Crippen LogP contribution >= 0.6 is 11.3 Å². The van der Waals surface area contributed by atoms with E-state index in [9.17, 15) is 9.59 Å². The van der Waals surface area contributed by atoms with E-state index < -0.39 is 0 Å². The fourth-order valence-electron chi connectivity index (χ4n) is 4.14. The molecule has 1 saturated heterocycles. The molecular weight excluding hydrogens is 388 g/mol. The van der Waals surface area contributed by atoms with Crippen LogP contribution in [0.25, 0.3) is 0 Å². The monoisotopic (exact) mass is 414 g/mol. The van der Waals surface area contributed by atoms with Crippen molar-refractivity contribution in [3.8, 4) is 5.75 Å². The molecular formula is C21H26N4O3S. The molecule has 8 heteroatoms. The zero-order chi connectivity index (χ0) is 20.4. The number of ether oxygens (including phenoxy) is 1. The van der Waals surface area contributed by atoms with Crippen LogP contribution in [0.3, 0.4) is 0 Å². The highest BCUT2D eigenvalue weighted by molar-refractivity contribution is 7.15. The van der Waals surface area contributed by atoms with Gasteiger partial charge in [-0.15, -0.1) is 10.2 Å². The zero-order valence-corrected chi connectivity index (χ0v) is 17.6. The van der Waals surface area contributed by atoms with Crippen molar-refractivity contribution in [1.82, 2.24) is 10.2 Å². The lowest BCUT2D eigenvalue weighted by Gasteiger charge is -2.20. The van der Waals surface area contributed by atoms with Crippen LogP contribution in [0.2, 0.25) is 0 Å². The van der Waals surface area contributed by atoms with Crippen LogP contribution in [0.5, 0.6) is 5.75 Å². The minimum Gasteiger partial charge on any atom is -0.495 e. The molecule has 0 spiro atoms. The third-order valence-corrected chi connectivity index (χ3v) is 6.75. The Hall–Kier alpha value is -2.48. The lowest BCUT2D eigenvalue weighted by Crippen LogP contribution is -2.25. The number of anilines is 2. The summed E-state index contributed by atoms with van der Waals surface area (Å²) in [6.07, 6.45) is 5.71. The minimum atomic E-state index is -0.0365. The molecule has 2 amide bonds. The van der Waals surface area contributed by atoms with E-state index in [1.165, 1.54) is 17.8 Å². The van der Waals surface area contributed by atoms with Crippen molar-refractivity contribution in [2.45, 2.75) is 51.4 Å². The number of amides is 2. The third-order valence-electron chi connectivity index (χ3n) is 5.75. The smallest absolute Gasteiger partial charge is 0.229 e. The minimum absolute atomic E-state index is 0.0365. The average Bonchev–Trinajstić information content (AvgIpc) is 3.35. The molecule has 1 N–H and O–H groups in total. The summed E-state index contributed by atoms with van der Waals surface area (Å²) in [6, 6.07) is 5.82. The fourth-order valence-corrected chi connectivity index (χ4v) is 4.98. The highest BCUT2D eigenvalue weighted by atomic mass is 32.1. The summed E-state index contributed by atoms with van der Waals surface area (Å²) < 4.78 is 5.44. The first-order valence-corrected chi connectivity index (χ1v) is 11.0. The summed E-state index contributed by atoms with van der Waals surface area (Å²) >= 11 is 1.37. The van der Waals surface area contributed by atoms with Gasteiger partial charge in [-0.3, -0.25) is 9.59 Å². The van der Waals surface area contributed by atoms with Crippen LogP contribution in [0, 0.1) is 12.8 Å². The van der Waals surface area contributed by atoms with Gasteiger partial charge >= 0.3 is 0 Å². The van der Waals surface area contributed by atoms with Crippen molar-refractivity contribution in [2.24, 2.45) is 5.92 Å². The Morgan fingerprint density at radius 2 is 2.03 bits per heavy atom. The SMILES string of the molecule is COc1ccc(C)cc1N1CC(c2nnc(NC(=O)C3CCCCC3)s2)CC1=O. The summed E-state index contributed by atoms with van der Waals surface area (Å²) in [5, 5.41) is 12.6. The van der Waals surface area contributed by atoms with E-state index in [-0.39, 0.29) is 23.7 Å². The normalized spacial score (nSPS) is 20.1. The van der Waals surface area contributed by atoms with Gasteiger partial charge in [0, 0.05) is 24.8 Å². The van der Waals surface area contributed by atoms with Gasteiger partial charge in [0.05, 0.1) is 12.8 Å². The summed E-state index contributed by atoms with van der Waals surface area (Å²) in [6.45, 7) is 2.52. The lowest BCUT2D eigenvalue weighted by molar-refractivity contribution is -0.120. The second-order valence-electron chi connectivity index (χ2n) is 7.85. The summed E-state index contributed by atoms with van der Waals surface area (Å²) in [5.41, 5.74) is 1.86. The largest absolute Gasteiger partial charge is 0.495 e. The number of nitrogens with zero attached hydrogens (tertiary/aromatic N) is 3. The Labute approximate surface area is 174 Å². The van der Waals surface area contributed by atoms with Gasteiger partial charge in [-0.05, 0) is 37.5 Å². The second kappa shape index (κ2) is 8.49. The van der Waals surface area contributed by atoms with Gasteiger partial charge in [0.25, 0.3) is 0 Å². The number of carbonyl (C=O) groups is 2. The first-order valence-electron chi connectivity index (χ1n) is 10.1. The molecule has 1 aliphatic heterocycles. The number of aromatic nitrogens is 2. The van der Waals surface area contributed by atoms with Gasteiger partial charge in [-0.2, -0.15) is 0 Å². The predicted molar refractivity (Wildman–Crippen MR) is 113 cm³/mol. The Balaban J connectivity index is 1.45. The van der Waals surface area contributed by atoms with Gasteiger partial charge in [-0.1, -0.05) is 36.7 Å². The van der Waals surface area contributed by atoms with Gasteiger partial charge in [0.15, 0.2) is 0 Å². The van der Waals surface area contributed by atoms with Crippen LogP contribution in [-0.4, -0.2) is 35.7 Å². The molecule has 1 aromatic heterocycles. The maximum atomic E-state index is 12.7. The molecule has 2 heterocycles. The van der Waals surface area contributed by atoms with Crippen molar-refractivity contribution in [3.05, 3.63) is 28.8 Å². The number of aryl methyl sites for hydroxylation is 1. The zero-order valence-electron chi connectivity index (χ0n) is 16.8. The molecule has 0 radical (unpaired) electrons. The molecule has 4 rings (SSSR count). The van der Waals surface area contributed by atoms with Crippen molar-refractivity contribution >= 4 is 34.0 Å². The van der Waals surface area contributed by atoms with Gasteiger partial charge in [0.1, 0.15) is 10.8 Å². The Morgan fingerprint density at radius 3 is 2.79 bits per heavy atom. The lowest BCUT2D eigenvalue weighted by atomic mass is 9.89. The Kier molecular flexibility index (Phi) is 5.80. The molecule has 1 aliphatic carbocycles. The first-order chi connectivity index (χ1) is 14.0. The highest BCUT2D eigenvalue weighted by Gasteiger charge is 2.35. The van der Waals surface area contributed by atoms with Crippen LogP contribution in [0.15, 0.2) is 18.2 Å². The molecule has 1 aromatic carbocycles. The molecule has 1 atom stereocenters. The Morgan fingerprint density at radius 1 is 1.24 bits per heavy atom. The number of methoxy groups -OCH3 is 1. The number of hydrogen-bond donors (Lipinski definition) is 1. The molecule has 0 bridgehead atoms. The van der Waals surface area contributed by atoms with Crippen LogP contribution in [0.4, 0.5) is 10.8 Å². The van der Waals surface area contributed by atoms with E-state index in [0.717, 1.165) is 41.9 Å². The van der Waals surface area contributed by atoms with Gasteiger partial charge in [0.2, 0.25) is 16.9 Å². The van der Waals surface area contributed by atoms with Crippen molar-refractivity contribution in [1.29, 1.82) is 0 Å². The van der Waals surface area contributed by atoms with Crippen molar-refractivity contribution < 1.29 is 14.3 Å². The van der Waals surface area contributed by atoms with E-state index >= 15 is 0 Å². The number of hydrogen-bond acceptors (Lipinski definition) is 6. The van der Waals surface area contributed by atoms with Crippen LogP contribution < -0.4 is 15.0 Å². The quantitative estimate of drug-likeness (QED) is 0.802. The molecule has 1 unspecified atom stereocenters. The number of rotatable bonds is 5. The van der Waals surface area contributed by atoms with E-state index in [2.05, 4.69) is 15.5 Å². The molecule has 2 fully saturated rings. The topological polar surface area (TPSA) is 84.4 Å². The summed E-state index contributed by atoms with van der Waals surface area (Å²) in [4.78, 5) is 26.9. The van der Waals surface area contributed by atoms with E-state index in [4.69, 9.17) is 4.74 Å². The summed E-state index contributed by atoms with van der Waals surface area (Å²) in [5.74, 6) is 0.809. The van der Waals surface area contributed by atoms with Crippen molar-refractivity contribution in [2.75, 3.05) is 23.9 Å². The molecule has 2 aromatic rings. The van der Waals surface area contributed by atoms with E-state index in [1.54, 1.807) is 12.0 Å². The predicted octanol–water partition coefficient (Wildman–Crippen LogP) is 3.89. The van der Waals surface area contributed by atoms with Crippen LogP contribution in [0.1, 0.15) is 55.0 Å². The van der Waals surface area contributed by atoms with E-state index in [0.29, 0.717) is 23.8 Å². The fraction of sp³-hybridized carbons (Fsp3) is 0.524. The van der Waals surface area contributed by atoms with Crippen LogP contribution in [-0.2, 0) is 9.59 Å². The first kappa shape index (κ1) is 19.8. The standard InChI is InChI=1S/C21H26N4O3S/c1-13-8-9-17(28-2)16(10-13)25-12-15(11-18(25)26)20-23-24-21(29-20)22-19(27)14-6-4-3-5-7-14/h8-10,14-15H,3-7,11-12H2,1-2H3,(H,22,24,27). The number of benzene rings is 1. The average molecular weight is 415 g/mol. The molecule has 7 nitrogen and oxygen atoms in total.